The smallest absolute Gasteiger partial charge is 0.0690 e. The molecule has 3 aromatic carbocycles. The third-order valence-corrected chi connectivity index (χ3v) is 5.87. The van der Waals surface area contributed by atoms with Crippen molar-refractivity contribution in [3.63, 3.8) is 0 Å². The number of ether oxygens (including phenoxy) is 1. The van der Waals surface area contributed by atoms with Crippen LogP contribution < -0.4 is 0 Å². The van der Waals surface area contributed by atoms with Gasteiger partial charge in [0.2, 0.25) is 0 Å². The van der Waals surface area contributed by atoms with E-state index >= 15 is 0 Å². The Balaban J connectivity index is 1.75. The Bertz CT molecular complexity index is 1040. The zero-order valence-corrected chi connectivity index (χ0v) is 14.6. The monoisotopic (exact) mass is 326 g/mol. The molecule has 0 saturated carbocycles. The first-order valence-corrected chi connectivity index (χ1v) is 9.13. The van der Waals surface area contributed by atoms with E-state index in [1.54, 1.807) is 0 Å². The fraction of sp³-hybridized carbons (Fsp3) is 0.250. The lowest BCUT2D eigenvalue weighted by atomic mass is 9.81. The van der Waals surface area contributed by atoms with Crippen LogP contribution in [0.25, 0.3) is 27.6 Å². The van der Waals surface area contributed by atoms with Crippen molar-refractivity contribution in [2.24, 2.45) is 5.41 Å². The number of fused-ring (bicyclic) bond motifs is 3. The Morgan fingerprint density at radius 2 is 1.72 bits per heavy atom. The first-order valence-electron chi connectivity index (χ1n) is 9.13. The second-order valence-electron chi connectivity index (χ2n) is 7.54. The molecule has 2 aliphatic rings. The molecule has 25 heavy (non-hydrogen) atoms. The average molecular weight is 326 g/mol. The van der Waals surface area contributed by atoms with Crippen molar-refractivity contribution in [1.82, 2.24) is 0 Å². The zero-order valence-electron chi connectivity index (χ0n) is 14.6. The lowest BCUT2D eigenvalue weighted by Gasteiger charge is -2.21. The topological polar surface area (TPSA) is 9.23 Å². The summed E-state index contributed by atoms with van der Waals surface area (Å²) in [5.74, 6) is 0. The van der Waals surface area contributed by atoms with Crippen molar-refractivity contribution in [2.75, 3.05) is 13.2 Å². The zero-order chi connectivity index (χ0) is 16.9. The van der Waals surface area contributed by atoms with Gasteiger partial charge in [-0.2, -0.15) is 0 Å². The molecule has 0 aromatic heterocycles. The van der Waals surface area contributed by atoms with Crippen molar-refractivity contribution in [3.05, 3.63) is 77.4 Å². The fourth-order valence-corrected chi connectivity index (χ4v) is 4.56. The quantitative estimate of drug-likeness (QED) is 0.386. The molecular formula is C24H22O. The predicted octanol–water partition coefficient (Wildman–Crippen LogP) is 6.13. The lowest BCUT2D eigenvalue weighted by molar-refractivity contribution is 0.169. The van der Waals surface area contributed by atoms with Crippen LogP contribution in [-0.4, -0.2) is 13.2 Å². The van der Waals surface area contributed by atoms with Gasteiger partial charge in [-0.1, -0.05) is 66.3 Å². The summed E-state index contributed by atoms with van der Waals surface area (Å²) in [5, 5.41) is 5.29. The van der Waals surface area contributed by atoms with Gasteiger partial charge in [0.05, 0.1) is 13.2 Å². The first-order chi connectivity index (χ1) is 12.3. The van der Waals surface area contributed by atoms with E-state index in [0.29, 0.717) is 0 Å². The van der Waals surface area contributed by atoms with Gasteiger partial charge < -0.3 is 4.74 Å². The van der Waals surface area contributed by atoms with Crippen molar-refractivity contribution in [3.8, 4) is 0 Å². The minimum Gasteiger partial charge on any atom is -0.376 e. The number of hydrogen-bond acceptors (Lipinski definition) is 1. The van der Waals surface area contributed by atoms with Crippen LogP contribution in [0.15, 0.2) is 71.8 Å². The van der Waals surface area contributed by atoms with Gasteiger partial charge in [-0.05, 0) is 58.5 Å². The van der Waals surface area contributed by atoms with Gasteiger partial charge in [0.1, 0.15) is 0 Å². The van der Waals surface area contributed by atoms with E-state index in [0.717, 1.165) is 13.2 Å². The number of benzene rings is 3. The number of hydrogen-bond donors (Lipinski definition) is 0. The summed E-state index contributed by atoms with van der Waals surface area (Å²) in [7, 11) is 0. The molecule has 1 nitrogen and oxygen atoms in total. The van der Waals surface area contributed by atoms with E-state index in [1.807, 2.05) is 0 Å². The minimum atomic E-state index is 0.136. The standard InChI is InChI=1S/C24H22O/c1-17-10-11-24(14-17)16-25-15-20(24)13-19-12-18-6-2-3-7-21(18)23-9-5-4-8-22(19)23/h2-9,12-14H,10-11,15-16H2,1H3/b20-13+/t24-/m0/s1. The molecule has 0 radical (unpaired) electrons. The Hall–Kier alpha value is -2.38. The van der Waals surface area contributed by atoms with Crippen LogP contribution >= 0.6 is 0 Å². The molecule has 1 fully saturated rings. The van der Waals surface area contributed by atoms with E-state index in [2.05, 4.69) is 73.7 Å². The highest BCUT2D eigenvalue weighted by atomic mass is 16.5. The van der Waals surface area contributed by atoms with Crippen molar-refractivity contribution in [2.45, 2.75) is 19.8 Å². The molecule has 5 rings (SSSR count). The van der Waals surface area contributed by atoms with E-state index < -0.39 is 0 Å². The van der Waals surface area contributed by atoms with E-state index in [1.165, 1.54) is 51.1 Å². The summed E-state index contributed by atoms with van der Waals surface area (Å²) < 4.78 is 5.90. The van der Waals surface area contributed by atoms with Crippen LogP contribution in [0.4, 0.5) is 0 Å². The van der Waals surface area contributed by atoms with Crippen molar-refractivity contribution >= 4 is 27.6 Å². The fourth-order valence-electron chi connectivity index (χ4n) is 4.56. The van der Waals surface area contributed by atoms with E-state index in [-0.39, 0.29) is 5.41 Å². The maximum atomic E-state index is 5.90. The highest BCUT2D eigenvalue weighted by Gasteiger charge is 2.40. The SMILES string of the molecule is CC1=C[C@@]2(CC1)COC/C2=C\c1cc2ccccc2c2ccccc12. The number of allylic oxidation sites excluding steroid dienone is 1. The van der Waals surface area contributed by atoms with Gasteiger partial charge in [-0.25, -0.2) is 0 Å². The van der Waals surface area contributed by atoms with Crippen LogP contribution in [0.5, 0.6) is 0 Å². The van der Waals surface area contributed by atoms with Crippen LogP contribution in [0.2, 0.25) is 0 Å². The van der Waals surface area contributed by atoms with Crippen LogP contribution in [-0.2, 0) is 4.74 Å². The molecule has 1 heteroatoms. The molecule has 1 spiro atoms. The molecule has 124 valence electrons. The molecule has 1 atom stereocenters. The third-order valence-electron chi connectivity index (χ3n) is 5.87. The Kier molecular flexibility index (Phi) is 3.33. The van der Waals surface area contributed by atoms with Crippen molar-refractivity contribution in [1.29, 1.82) is 0 Å². The summed E-state index contributed by atoms with van der Waals surface area (Å²) >= 11 is 0. The van der Waals surface area contributed by atoms with Crippen molar-refractivity contribution < 1.29 is 4.74 Å². The van der Waals surface area contributed by atoms with Gasteiger partial charge in [0, 0.05) is 5.41 Å². The van der Waals surface area contributed by atoms with E-state index in [9.17, 15) is 0 Å². The summed E-state index contributed by atoms with van der Waals surface area (Å²) in [5.41, 5.74) is 4.38. The Labute approximate surface area is 148 Å². The minimum absolute atomic E-state index is 0.136. The van der Waals surface area contributed by atoms with Gasteiger partial charge in [-0.15, -0.1) is 0 Å². The second-order valence-corrected chi connectivity index (χ2v) is 7.54. The summed E-state index contributed by atoms with van der Waals surface area (Å²) in [6, 6.07) is 19.8. The maximum Gasteiger partial charge on any atom is 0.0690 e. The highest BCUT2D eigenvalue weighted by molar-refractivity contribution is 6.10. The molecule has 1 heterocycles. The third kappa shape index (κ3) is 2.34. The molecule has 0 bridgehead atoms. The molecule has 0 unspecified atom stereocenters. The lowest BCUT2D eigenvalue weighted by Crippen LogP contribution is -2.16. The normalized spacial score (nSPS) is 24.7. The molecule has 0 amide bonds. The van der Waals surface area contributed by atoms with Crippen LogP contribution in [0.3, 0.4) is 0 Å². The molecular weight excluding hydrogens is 304 g/mol. The van der Waals surface area contributed by atoms with E-state index in [4.69, 9.17) is 4.74 Å². The van der Waals surface area contributed by atoms with Gasteiger partial charge >= 0.3 is 0 Å². The predicted molar refractivity (Wildman–Crippen MR) is 106 cm³/mol. The molecule has 0 N–H and O–H groups in total. The number of rotatable bonds is 1. The molecule has 1 aliphatic heterocycles. The summed E-state index contributed by atoms with van der Waals surface area (Å²) in [6.07, 6.45) is 7.24. The molecule has 3 aromatic rings. The largest absolute Gasteiger partial charge is 0.376 e. The second kappa shape index (κ2) is 5.57. The molecule has 1 aliphatic carbocycles. The van der Waals surface area contributed by atoms with Gasteiger partial charge in [0.25, 0.3) is 0 Å². The Morgan fingerprint density at radius 1 is 0.960 bits per heavy atom. The first kappa shape index (κ1) is 14.9. The Morgan fingerprint density at radius 3 is 2.52 bits per heavy atom. The average Bonchev–Trinajstić information content (AvgIpc) is 3.21. The van der Waals surface area contributed by atoms with Crippen LogP contribution in [0.1, 0.15) is 25.3 Å². The summed E-state index contributed by atoms with van der Waals surface area (Å²) in [6.45, 7) is 3.84. The van der Waals surface area contributed by atoms with Gasteiger partial charge in [-0.3, -0.25) is 0 Å². The van der Waals surface area contributed by atoms with Gasteiger partial charge in [0.15, 0.2) is 0 Å². The summed E-state index contributed by atoms with van der Waals surface area (Å²) in [4.78, 5) is 0. The van der Waals surface area contributed by atoms with Crippen LogP contribution in [0, 0.1) is 5.41 Å². The molecule has 1 saturated heterocycles. The highest BCUT2D eigenvalue weighted by Crippen LogP contribution is 2.47. The maximum absolute atomic E-state index is 5.90.